The van der Waals surface area contributed by atoms with E-state index < -0.39 is 0 Å². The molecule has 112 valence electrons. The SMILES string of the molecule is C=CCCC(Cc1cccc2ccc(OC)cc12)NCC. The molecule has 2 rings (SSSR count). The van der Waals surface area contributed by atoms with Gasteiger partial charge in [-0.1, -0.05) is 37.3 Å². The quantitative estimate of drug-likeness (QED) is 0.728. The molecule has 1 N–H and O–H groups in total. The van der Waals surface area contributed by atoms with Crippen molar-refractivity contribution in [3.63, 3.8) is 0 Å². The van der Waals surface area contributed by atoms with Gasteiger partial charge in [0.2, 0.25) is 0 Å². The third-order valence-corrected chi connectivity index (χ3v) is 3.86. The van der Waals surface area contributed by atoms with Crippen LogP contribution in [-0.2, 0) is 6.42 Å². The number of methoxy groups -OCH3 is 1. The minimum atomic E-state index is 0.491. The summed E-state index contributed by atoms with van der Waals surface area (Å²) in [6.07, 6.45) is 5.20. The Morgan fingerprint density at radius 1 is 1.29 bits per heavy atom. The van der Waals surface area contributed by atoms with Crippen LogP contribution in [0.25, 0.3) is 10.8 Å². The van der Waals surface area contributed by atoms with E-state index in [2.05, 4.69) is 49.2 Å². The maximum absolute atomic E-state index is 5.37. The zero-order valence-electron chi connectivity index (χ0n) is 13.1. The van der Waals surface area contributed by atoms with Crippen molar-refractivity contribution in [2.75, 3.05) is 13.7 Å². The molecule has 0 aromatic heterocycles. The molecule has 2 aromatic rings. The van der Waals surface area contributed by atoms with Gasteiger partial charge in [-0.15, -0.1) is 6.58 Å². The van der Waals surface area contributed by atoms with Gasteiger partial charge in [-0.2, -0.15) is 0 Å². The van der Waals surface area contributed by atoms with Crippen LogP contribution < -0.4 is 10.1 Å². The van der Waals surface area contributed by atoms with Crippen LogP contribution >= 0.6 is 0 Å². The van der Waals surface area contributed by atoms with Crippen molar-refractivity contribution in [2.24, 2.45) is 0 Å². The molecular weight excluding hydrogens is 258 g/mol. The third-order valence-electron chi connectivity index (χ3n) is 3.86. The standard InChI is InChI=1S/C19H25NO/c1-4-6-10-17(20-5-2)13-16-9-7-8-15-11-12-18(21-3)14-19(15)16/h4,7-9,11-12,14,17,20H,1,5-6,10,13H2,2-3H3. The van der Waals surface area contributed by atoms with Crippen LogP contribution in [0.2, 0.25) is 0 Å². The molecule has 0 amide bonds. The molecule has 0 saturated carbocycles. The van der Waals surface area contributed by atoms with Crippen molar-refractivity contribution in [3.05, 3.63) is 54.6 Å². The zero-order chi connectivity index (χ0) is 15.1. The highest BCUT2D eigenvalue weighted by molar-refractivity contribution is 5.87. The molecule has 2 nitrogen and oxygen atoms in total. The summed E-state index contributed by atoms with van der Waals surface area (Å²) >= 11 is 0. The van der Waals surface area contributed by atoms with Crippen molar-refractivity contribution in [3.8, 4) is 5.75 Å². The van der Waals surface area contributed by atoms with E-state index in [1.807, 2.05) is 12.1 Å². The molecule has 21 heavy (non-hydrogen) atoms. The van der Waals surface area contributed by atoms with Gasteiger partial charge in [-0.25, -0.2) is 0 Å². The second kappa shape index (κ2) is 7.84. The molecule has 0 saturated heterocycles. The predicted molar refractivity (Wildman–Crippen MR) is 91.1 cm³/mol. The first-order chi connectivity index (χ1) is 10.3. The fourth-order valence-electron chi connectivity index (χ4n) is 2.77. The van der Waals surface area contributed by atoms with Crippen LogP contribution in [0.3, 0.4) is 0 Å². The Hall–Kier alpha value is -1.80. The van der Waals surface area contributed by atoms with Crippen LogP contribution in [-0.4, -0.2) is 19.7 Å². The number of fused-ring (bicyclic) bond motifs is 1. The maximum Gasteiger partial charge on any atom is 0.119 e. The Balaban J connectivity index is 2.28. The van der Waals surface area contributed by atoms with Crippen molar-refractivity contribution in [1.82, 2.24) is 5.32 Å². The van der Waals surface area contributed by atoms with Crippen molar-refractivity contribution < 1.29 is 4.74 Å². The highest BCUT2D eigenvalue weighted by atomic mass is 16.5. The number of benzene rings is 2. The number of nitrogens with one attached hydrogen (secondary N) is 1. The average Bonchev–Trinajstić information content (AvgIpc) is 2.52. The molecule has 2 heteroatoms. The van der Waals surface area contributed by atoms with E-state index in [-0.39, 0.29) is 0 Å². The van der Waals surface area contributed by atoms with Gasteiger partial charge in [0, 0.05) is 6.04 Å². The minimum absolute atomic E-state index is 0.491. The predicted octanol–water partition coefficient (Wildman–Crippen LogP) is 4.34. The van der Waals surface area contributed by atoms with E-state index in [1.54, 1.807) is 7.11 Å². The van der Waals surface area contributed by atoms with E-state index in [0.29, 0.717) is 6.04 Å². The molecule has 0 aliphatic heterocycles. The van der Waals surface area contributed by atoms with E-state index >= 15 is 0 Å². The number of rotatable bonds is 8. The Morgan fingerprint density at radius 3 is 2.86 bits per heavy atom. The number of allylic oxidation sites excluding steroid dienone is 1. The normalized spacial score (nSPS) is 12.3. The van der Waals surface area contributed by atoms with Crippen LogP contribution in [0.5, 0.6) is 5.75 Å². The van der Waals surface area contributed by atoms with Gasteiger partial charge in [0.25, 0.3) is 0 Å². The fraction of sp³-hybridized carbons (Fsp3) is 0.368. The van der Waals surface area contributed by atoms with Gasteiger partial charge >= 0.3 is 0 Å². The molecule has 2 aromatic carbocycles. The summed E-state index contributed by atoms with van der Waals surface area (Å²) in [5.74, 6) is 0.918. The number of hydrogen-bond donors (Lipinski definition) is 1. The van der Waals surface area contributed by atoms with Crippen molar-refractivity contribution >= 4 is 10.8 Å². The molecule has 0 spiro atoms. The largest absolute Gasteiger partial charge is 0.497 e. The Labute approximate surface area is 127 Å². The van der Waals surface area contributed by atoms with E-state index in [9.17, 15) is 0 Å². The summed E-state index contributed by atoms with van der Waals surface area (Å²) in [4.78, 5) is 0. The van der Waals surface area contributed by atoms with Gasteiger partial charge in [-0.3, -0.25) is 0 Å². The maximum atomic E-state index is 5.37. The molecule has 0 heterocycles. The van der Waals surface area contributed by atoms with E-state index in [1.165, 1.54) is 16.3 Å². The fourth-order valence-corrected chi connectivity index (χ4v) is 2.77. The van der Waals surface area contributed by atoms with E-state index in [0.717, 1.165) is 31.6 Å². The van der Waals surface area contributed by atoms with Gasteiger partial charge in [-0.05, 0) is 54.3 Å². The first kappa shape index (κ1) is 15.6. The molecule has 0 aliphatic carbocycles. The average molecular weight is 283 g/mol. The lowest BCUT2D eigenvalue weighted by molar-refractivity contribution is 0.415. The van der Waals surface area contributed by atoms with Gasteiger partial charge < -0.3 is 10.1 Å². The number of likely N-dealkylation sites (N-methyl/N-ethyl adjacent to an activating group) is 1. The van der Waals surface area contributed by atoms with Crippen LogP contribution in [0.15, 0.2) is 49.1 Å². The summed E-state index contributed by atoms with van der Waals surface area (Å²) in [6, 6.07) is 13.3. The summed E-state index contributed by atoms with van der Waals surface area (Å²) in [5, 5.41) is 6.14. The Morgan fingerprint density at radius 2 is 2.14 bits per heavy atom. The molecule has 0 aliphatic rings. The highest BCUT2D eigenvalue weighted by Crippen LogP contribution is 2.25. The Kier molecular flexibility index (Phi) is 5.82. The monoisotopic (exact) mass is 283 g/mol. The lowest BCUT2D eigenvalue weighted by atomic mass is 9.96. The third kappa shape index (κ3) is 4.08. The smallest absolute Gasteiger partial charge is 0.119 e. The molecular formula is C19H25NO. The molecule has 0 bridgehead atoms. The van der Waals surface area contributed by atoms with Crippen molar-refractivity contribution in [2.45, 2.75) is 32.2 Å². The second-order valence-corrected chi connectivity index (χ2v) is 5.33. The summed E-state index contributed by atoms with van der Waals surface area (Å²) in [7, 11) is 1.72. The molecule has 0 radical (unpaired) electrons. The van der Waals surface area contributed by atoms with Gasteiger partial charge in [0.05, 0.1) is 7.11 Å². The molecule has 1 unspecified atom stereocenters. The highest BCUT2D eigenvalue weighted by Gasteiger charge is 2.10. The van der Waals surface area contributed by atoms with Crippen LogP contribution in [0.4, 0.5) is 0 Å². The topological polar surface area (TPSA) is 21.3 Å². The minimum Gasteiger partial charge on any atom is -0.497 e. The summed E-state index contributed by atoms with van der Waals surface area (Å²) in [6.45, 7) is 6.98. The van der Waals surface area contributed by atoms with Crippen molar-refractivity contribution in [1.29, 1.82) is 0 Å². The lowest BCUT2D eigenvalue weighted by Gasteiger charge is -2.18. The van der Waals surface area contributed by atoms with Gasteiger partial charge in [0.15, 0.2) is 0 Å². The molecule has 0 fully saturated rings. The van der Waals surface area contributed by atoms with E-state index in [4.69, 9.17) is 4.74 Å². The first-order valence-electron chi connectivity index (χ1n) is 7.68. The molecule has 1 atom stereocenters. The Bertz CT molecular complexity index is 591. The second-order valence-electron chi connectivity index (χ2n) is 5.33. The number of ether oxygens (including phenoxy) is 1. The first-order valence-corrected chi connectivity index (χ1v) is 7.68. The van der Waals surface area contributed by atoms with Crippen LogP contribution in [0, 0.1) is 0 Å². The summed E-state index contributed by atoms with van der Waals surface area (Å²) < 4.78 is 5.37. The number of hydrogen-bond acceptors (Lipinski definition) is 2. The van der Waals surface area contributed by atoms with Gasteiger partial charge in [0.1, 0.15) is 5.75 Å². The van der Waals surface area contributed by atoms with Crippen LogP contribution in [0.1, 0.15) is 25.3 Å². The zero-order valence-corrected chi connectivity index (χ0v) is 13.1. The lowest BCUT2D eigenvalue weighted by Crippen LogP contribution is -2.30. The summed E-state index contributed by atoms with van der Waals surface area (Å²) in [5.41, 5.74) is 1.38.